The molecule has 37 heavy (non-hydrogen) atoms. The minimum Gasteiger partial charge on any atom is -0.493 e. The lowest BCUT2D eigenvalue weighted by molar-refractivity contribution is 0.284. The molecule has 0 heterocycles. The van der Waals surface area contributed by atoms with Gasteiger partial charge in [0.2, 0.25) is 0 Å². The second kappa shape index (κ2) is 14.2. The minimum atomic E-state index is -0.446. The van der Waals surface area contributed by atoms with Crippen LogP contribution in [0, 0.1) is 0 Å². The number of ether oxygens (including phenoxy) is 2. The summed E-state index contributed by atoms with van der Waals surface area (Å²) >= 11 is 5.82. The lowest BCUT2D eigenvalue weighted by Gasteiger charge is -2.18. The van der Waals surface area contributed by atoms with Crippen LogP contribution in [-0.4, -0.2) is 7.11 Å². The van der Waals surface area contributed by atoms with E-state index in [2.05, 4.69) is 91.0 Å². The zero-order valence-corrected chi connectivity index (χ0v) is 22.5. The van der Waals surface area contributed by atoms with Crippen molar-refractivity contribution < 1.29 is 9.47 Å². The molecule has 4 heteroatoms. The van der Waals surface area contributed by atoms with Crippen molar-refractivity contribution >= 4 is 35.4 Å². The Morgan fingerprint density at radius 3 is 1.43 bits per heavy atom. The van der Waals surface area contributed by atoms with Crippen LogP contribution in [0.3, 0.4) is 0 Å². The maximum Gasteiger partial charge on any atom is 0.161 e. The quantitative estimate of drug-likeness (QED) is 0.155. The molecule has 0 unspecified atom stereocenters. The van der Waals surface area contributed by atoms with Gasteiger partial charge in [0.25, 0.3) is 0 Å². The van der Waals surface area contributed by atoms with Gasteiger partial charge >= 0.3 is 0 Å². The third-order valence-electron chi connectivity index (χ3n) is 5.66. The fraction of sp³-hybridized carbons (Fsp3) is 0.0909. The number of rotatable bonds is 8. The standard InChI is InChI=1S/C18H15P.C15H15ClO2/c1-4-10-16(11-5-1)19(17-12-6-2-7-13-17)18-14-8-3-9-15-18;1-17-14-8-7-13(10-16)9-15(14)18-11-12-5-3-2-4-6-12/h1-15H;2-9H,10-11H2,1H3. The Hall–Kier alpha value is -3.58. The van der Waals surface area contributed by atoms with E-state index in [1.807, 2.05) is 48.5 Å². The first-order valence-corrected chi connectivity index (χ1v) is 14.0. The van der Waals surface area contributed by atoms with Crippen LogP contribution in [0.25, 0.3) is 0 Å². The van der Waals surface area contributed by atoms with Crippen molar-refractivity contribution in [2.45, 2.75) is 12.5 Å². The number of halogens is 1. The lowest BCUT2D eigenvalue weighted by atomic mass is 10.2. The smallest absolute Gasteiger partial charge is 0.161 e. The van der Waals surface area contributed by atoms with Gasteiger partial charge in [-0.25, -0.2) is 0 Å². The average Bonchev–Trinajstić information content (AvgIpc) is 2.98. The van der Waals surface area contributed by atoms with Gasteiger partial charge in [-0.05, 0) is 47.1 Å². The van der Waals surface area contributed by atoms with Crippen LogP contribution < -0.4 is 25.4 Å². The molecule has 0 spiro atoms. The van der Waals surface area contributed by atoms with E-state index in [-0.39, 0.29) is 0 Å². The van der Waals surface area contributed by atoms with Crippen LogP contribution in [0.2, 0.25) is 0 Å². The van der Waals surface area contributed by atoms with Crippen LogP contribution in [0.15, 0.2) is 140 Å². The molecule has 0 amide bonds. The first-order chi connectivity index (χ1) is 18.3. The van der Waals surface area contributed by atoms with Gasteiger partial charge in [-0.1, -0.05) is 127 Å². The molecule has 0 aliphatic rings. The van der Waals surface area contributed by atoms with Crippen LogP contribution in [0.5, 0.6) is 11.5 Å². The van der Waals surface area contributed by atoms with Crippen molar-refractivity contribution in [3.63, 3.8) is 0 Å². The summed E-state index contributed by atoms with van der Waals surface area (Å²) in [4.78, 5) is 0. The van der Waals surface area contributed by atoms with E-state index in [1.54, 1.807) is 7.11 Å². The van der Waals surface area contributed by atoms with E-state index in [4.69, 9.17) is 21.1 Å². The normalized spacial score (nSPS) is 10.4. The monoisotopic (exact) mass is 524 g/mol. The van der Waals surface area contributed by atoms with Gasteiger partial charge in [-0.15, -0.1) is 11.6 Å². The van der Waals surface area contributed by atoms with Crippen molar-refractivity contribution in [3.05, 3.63) is 151 Å². The Labute approximate surface area is 226 Å². The van der Waals surface area contributed by atoms with Crippen molar-refractivity contribution in [1.29, 1.82) is 0 Å². The van der Waals surface area contributed by atoms with E-state index in [9.17, 15) is 0 Å². The molecule has 0 saturated heterocycles. The Kier molecular flexibility index (Phi) is 10.2. The molecule has 0 atom stereocenters. The predicted octanol–water partition coefficient (Wildman–Crippen LogP) is 7.46. The van der Waals surface area contributed by atoms with E-state index in [0.29, 0.717) is 12.5 Å². The topological polar surface area (TPSA) is 18.5 Å². The highest BCUT2D eigenvalue weighted by atomic mass is 35.5. The summed E-state index contributed by atoms with van der Waals surface area (Å²) in [5, 5.41) is 4.19. The SMILES string of the molecule is COc1ccc(CCl)cc1OCc1ccccc1.c1ccc(P(c2ccccc2)c2ccccc2)cc1. The Balaban J connectivity index is 0.000000173. The van der Waals surface area contributed by atoms with Crippen LogP contribution in [0.4, 0.5) is 0 Å². The molecule has 5 rings (SSSR count). The average molecular weight is 525 g/mol. The highest BCUT2D eigenvalue weighted by Crippen LogP contribution is 2.32. The molecule has 0 aliphatic carbocycles. The maximum absolute atomic E-state index is 5.82. The Morgan fingerprint density at radius 2 is 1.00 bits per heavy atom. The summed E-state index contributed by atoms with van der Waals surface area (Å²) in [6.45, 7) is 0.517. The molecule has 0 radical (unpaired) electrons. The van der Waals surface area contributed by atoms with Crippen molar-refractivity contribution in [2.75, 3.05) is 7.11 Å². The van der Waals surface area contributed by atoms with Crippen LogP contribution >= 0.6 is 19.5 Å². The fourth-order valence-corrected chi connectivity index (χ4v) is 6.30. The molecule has 0 bridgehead atoms. The maximum atomic E-state index is 5.82. The number of alkyl halides is 1. The molecule has 186 valence electrons. The van der Waals surface area contributed by atoms with Crippen LogP contribution in [-0.2, 0) is 12.5 Å². The Bertz CT molecular complexity index is 1240. The third kappa shape index (κ3) is 7.70. The van der Waals surface area contributed by atoms with Gasteiger partial charge in [0.1, 0.15) is 6.61 Å². The second-order valence-corrected chi connectivity index (χ2v) is 10.7. The number of benzene rings is 5. The first-order valence-electron chi connectivity index (χ1n) is 12.1. The zero-order valence-electron chi connectivity index (χ0n) is 20.8. The van der Waals surface area contributed by atoms with Gasteiger partial charge in [-0.2, -0.15) is 0 Å². The predicted molar refractivity (Wildman–Crippen MR) is 158 cm³/mol. The number of hydrogen-bond donors (Lipinski definition) is 0. The van der Waals surface area contributed by atoms with Gasteiger partial charge in [-0.3, -0.25) is 0 Å². The molecule has 0 aliphatic heterocycles. The number of methoxy groups -OCH3 is 1. The molecular formula is C33H30ClO2P. The molecule has 5 aromatic rings. The molecule has 2 nitrogen and oxygen atoms in total. The summed E-state index contributed by atoms with van der Waals surface area (Å²) in [5.74, 6) is 1.91. The van der Waals surface area contributed by atoms with Gasteiger partial charge in [0, 0.05) is 5.88 Å². The van der Waals surface area contributed by atoms with Crippen molar-refractivity contribution in [1.82, 2.24) is 0 Å². The highest BCUT2D eigenvalue weighted by molar-refractivity contribution is 7.79. The molecular weight excluding hydrogens is 495 g/mol. The fourth-order valence-electron chi connectivity index (χ4n) is 3.83. The van der Waals surface area contributed by atoms with E-state index in [1.165, 1.54) is 15.9 Å². The highest BCUT2D eigenvalue weighted by Gasteiger charge is 2.15. The van der Waals surface area contributed by atoms with Gasteiger partial charge in [0.05, 0.1) is 7.11 Å². The molecule has 0 aromatic heterocycles. The summed E-state index contributed by atoms with van der Waals surface area (Å²) in [6.07, 6.45) is 0. The summed E-state index contributed by atoms with van der Waals surface area (Å²) in [6, 6.07) is 48.1. The summed E-state index contributed by atoms with van der Waals surface area (Å²) < 4.78 is 11.0. The number of hydrogen-bond acceptors (Lipinski definition) is 2. The van der Waals surface area contributed by atoms with Crippen molar-refractivity contribution in [2.24, 2.45) is 0 Å². The molecule has 0 fully saturated rings. The van der Waals surface area contributed by atoms with E-state index >= 15 is 0 Å². The Morgan fingerprint density at radius 1 is 0.541 bits per heavy atom. The zero-order chi connectivity index (χ0) is 25.7. The summed E-state index contributed by atoms with van der Waals surface area (Å²) in [5.41, 5.74) is 2.14. The molecule has 5 aromatic carbocycles. The third-order valence-corrected chi connectivity index (χ3v) is 8.41. The van der Waals surface area contributed by atoms with Gasteiger partial charge < -0.3 is 9.47 Å². The second-order valence-electron chi connectivity index (χ2n) is 8.24. The summed E-state index contributed by atoms with van der Waals surface area (Å²) in [7, 11) is 1.18. The van der Waals surface area contributed by atoms with Crippen LogP contribution in [0.1, 0.15) is 11.1 Å². The molecule has 0 N–H and O–H groups in total. The minimum absolute atomic E-state index is 0.446. The first kappa shape index (κ1) is 26.5. The van der Waals surface area contributed by atoms with E-state index in [0.717, 1.165) is 22.6 Å². The van der Waals surface area contributed by atoms with Crippen molar-refractivity contribution in [3.8, 4) is 11.5 Å². The molecule has 0 saturated carbocycles. The van der Waals surface area contributed by atoms with Gasteiger partial charge in [0.15, 0.2) is 11.5 Å². The van der Waals surface area contributed by atoms with E-state index < -0.39 is 7.92 Å². The lowest BCUT2D eigenvalue weighted by Crippen LogP contribution is -2.20. The largest absolute Gasteiger partial charge is 0.493 e.